The second-order valence-electron chi connectivity index (χ2n) is 16.7. The molecule has 11 aromatic rings. The lowest BCUT2D eigenvalue weighted by Gasteiger charge is -2.32. The molecule has 0 aliphatic heterocycles. The molecule has 0 saturated heterocycles. The van der Waals surface area contributed by atoms with Crippen molar-refractivity contribution in [2.75, 3.05) is 4.90 Å². The van der Waals surface area contributed by atoms with Crippen LogP contribution < -0.4 is 4.90 Å². The van der Waals surface area contributed by atoms with Crippen molar-refractivity contribution in [1.82, 2.24) is 0 Å². The Bertz CT molecular complexity index is 3480. The zero-order valence-corrected chi connectivity index (χ0v) is 34.0. The average molecular weight is 786 g/mol. The Kier molecular flexibility index (Phi) is 7.59. The summed E-state index contributed by atoms with van der Waals surface area (Å²) in [6, 6.07) is 87.8. The van der Waals surface area contributed by atoms with Crippen LogP contribution in [0.15, 0.2) is 237 Å². The molecule has 2 aliphatic carbocycles. The molecule has 0 radical (unpaired) electrons. The molecule has 1 spiro atoms. The molecule has 288 valence electrons. The lowest BCUT2D eigenvalue weighted by atomic mass is 9.70. The van der Waals surface area contributed by atoms with Crippen molar-refractivity contribution in [3.63, 3.8) is 0 Å². The lowest BCUT2D eigenvalue weighted by molar-refractivity contribution is 0.794. The van der Waals surface area contributed by atoms with Crippen molar-refractivity contribution in [3.8, 4) is 44.5 Å². The van der Waals surface area contributed by atoms with E-state index in [0.29, 0.717) is 0 Å². The first-order valence-electron chi connectivity index (χ1n) is 21.6. The van der Waals surface area contributed by atoms with Crippen molar-refractivity contribution in [1.29, 1.82) is 0 Å². The molecule has 0 bridgehead atoms. The van der Waals surface area contributed by atoms with Crippen LogP contribution in [0.2, 0.25) is 0 Å². The normalized spacial score (nSPS) is 13.0. The van der Waals surface area contributed by atoms with Gasteiger partial charge in [-0.3, -0.25) is 0 Å². The fraction of sp³-hybridized carbons (Fsp3) is 0.0164. The minimum Gasteiger partial charge on any atom is -0.310 e. The molecule has 62 heavy (non-hydrogen) atoms. The Morgan fingerprint density at radius 1 is 0.258 bits per heavy atom. The molecule has 0 N–H and O–H groups in total. The van der Waals surface area contributed by atoms with Crippen LogP contribution in [0.25, 0.3) is 76.8 Å². The summed E-state index contributed by atoms with van der Waals surface area (Å²) in [5, 5.41) is 7.61. The van der Waals surface area contributed by atoms with Gasteiger partial charge in [0.05, 0.1) is 11.1 Å². The standard InChI is InChI=1S/C61H39N/c1-2-15-40(16-3-1)41-29-31-42(32-30-41)43-33-35-44(36-34-43)62(45-37-38-50-48-19-5-4-17-46(48)47-18-6-7-20-49(47)54(50)39-45)59-28-14-27-58-60(59)53-23-10-13-26-57(53)61(58)55-24-11-8-21-51(55)52-22-9-12-25-56(52)61/h1-39H. The van der Waals surface area contributed by atoms with Crippen molar-refractivity contribution in [3.05, 3.63) is 259 Å². The van der Waals surface area contributed by atoms with Gasteiger partial charge in [0.2, 0.25) is 0 Å². The first-order valence-corrected chi connectivity index (χ1v) is 21.6. The Morgan fingerprint density at radius 2 is 0.661 bits per heavy atom. The van der Waals surface area contributed by atoms with Gasteiger partial charge in [-0.05, 0) is 124 Å². The molecular formula is C61H39N. The van der Waals surface area contributed by atoms with Gasteiger partial charge >= 0.3 is 0 Å². The molecule has 2 aliphatic rings. The van der Waals surface area contributed by atoms with E-state index in [9.17, 15) is 0 Å². The molecule has 0 heterocycles. The SMILES string of the molecule is c1ccc(-c2ccc(-c3ccc(N(c4ccc5c6ccccc6c6ccccc6c5c4)c4cccc5c4-c4ccccc4C54c5ccccc5-c5ccccc54)cc3)cc2)cc1. The number of hydrogen-bond donors (Lipinski definition) is 0. The smallest absolute Gasteiger partial charge is 0.0726 e. The van der Waals surface area contributed by atoms with Crippen LogP contribution in [0.3, 0.4) is 0 Å². The second-order valence-corrected chi connectivity index (χ2v) is 16.7. The Hall–Kier alpha value is -8.00. The third-order valence-electron chi connectivity index (χ3n) is 13.7. The number of nitrogens with zero attached hydrogens (tertiary/aromatic N) is 1. The molecule has 0 amide bonds. The van der Waals surface area contributed by atoms with Gasteiger partial charge in [-0.25, -0.2) is 0 Å². The fourth-order valence-electron chi connectivity index (χ4n) is 11.1. The summed E-state index contributed by atoms with van der Waals surface area (Å²) in [6.07, 6.45) is 0. The van der Waals surface area contributed by atoms with Crippen molar-refractivity contribution >= 4 is 49.4 Å². The molecule has 0 fully saturated rings. The molecule has 11 aromatic carbocycles. The molecule has 0 saturated carbocycles. The number of benzene rings is 11. The highest BCUT2D eigenvalue weighted by atomic mass is 15.1. The second kappa shape index (κ2) is 13.5. The number of anilines is 3. The minimum absolute atomic E-state index is 0.435. The van der Waals surface area contributed by atoms with Crippen LogP contribution in [0, 0.1) is 0 Å². The molecule has 0 aromatic heterocycles. The largest absolute Gasteiger partial charge is 0.310 e. The lowest BCUT2D eigenvalue weighted by Crippen LogP contribution is -2.26. The number of fused-ring (bicyclic) bond motifs is 16. The van der Waals surface area contributed by atoms with Crippen molar-refractivity contribution in [2.45, 2.75) is 5.41 Å². The van der Waals surface area contributed by atoms with Gasteiger partial charge in [-0.1, -0.05) is 206 Å². The van der Waals surface area contributed by atoms with Gasteiger partial charge in [-0.2, -0.15) is 0 Å². The summed E-state index contributed by atoms with van der Waals surface area (Å²) in [4.78, 5) is 2.51. The Morgan fingerprint density at radius 3 is 1.24 bits per heavy atom. The summed E-state index contributed by atoms with van der Waals surface area (Å²) >= 11 is 0. The predicted octanol–water partition coefficient (Wildman–Crippen LogP) is 16.3. The van der Waals surface area contributed by atoms with E-state index < -0.39 is 5.41 Å². The molecule has 13 rings (SSSR count). The maximum Gasteiger partial charge on any atom is 0.0726 e. The van der Waals surface area contributed by atoms with Crippen LogP contribution >= 0.6 is 0 Å². The van der Waals surface area contributed by atoms with Gasteiger partial charge in [0, 0.05) is 16.9 Å². The molecule has 0 unspecified atom stereocenters. The first-order chi connectivity index (χ1) is 30.8. The van der Waals surface area contributed by atoms with E-state index >= 15 is 0 Å². The number of rotatable bonds is 5. The summed E-state index contributed by atoms with van der Waals surface area (Å²) in [6.45, 7) is 0. The van der Waals surface area contributed by atoms with E-state index in [-0.39, 0.29) is 0 Å². The van der Waals surface area contributed by atoms with Gasteiger partial charge in [0.15, 0.2) is 0 Å². The van der Waals surface area contributed by atoms with Crippen LogP contribution in [-0.2, 0) is 5.41 Å². The quantitative estimate of drug-likeness (QED) is 0.157. The monoisotopic (exact) mass is 785 g/mol. The Balaban J connectivity index is 1.05. The number of hydrogen-bond acceptors (Lipinski definition) is 1. The summed E-state index contributed by atoms with van der Waals surface area (Å²) in [5.74, 6) is 0. The van der Waals surface area contributed by atoms with Crippen LogP contribution in [0.5, 0.6) is 0 Å². The van der Waals surface area contributed by atoms with E-state index in [1.165, 1.54) is 99.1 Å². The summed E-state index contributed by atoms with van der Waals surface area (Å²) < 4.78 is 0. The van der Waals surface area contributed by atoms with Crippen LogP contribution in [0.1, 0.15) is 22.3 Å². The van der Waals surface area contributed by atoms with Crippen LogP contribution in [-0.4, -0.2) is 0 Å². The predicted molar refractivity (Wildman–Crippen MR) is 261 cm³/mol. The summed E-state index contributed by atoms with van der Waals surface area (Å²) in [5.41, 5.74) is 18.3. The van der Waals surface area contributed by atoms with E-state index in [1.54, 1.807) is 0 Å². The molecule has 0 atom stereocenters. The highest BCUT2D eigenvalue weighted by molar-refractivity contribution is 6.26. The van der Waals surface area contributed by atoms with Gasteiger partial charge < -0.3 is 4.90 Å². The minimum atomic E-state index is -0.435. The Labute approximate surface area is 361 Å². The van der Waals surface area contributed by atoms with Crippen molar-refractivity contribution < 1.29 is 0 Å². The average Bonchev–Trinajstić information content (AvgIpc) is 3.83. The fourth-order valence-corrected chi connectivity index (χ4v) is 11.1. The third kappa shape index (κ3) is 4.91. The molecular weight excluding hydrogens is 747 g/mol. The van der Waals surface area contributed by atoms with Gasteiger partial charge in [0.1, 0.15) is 0 Å². The maximum absolute atomic E-state index is 2.51. The van der Waals surface area contributed by atoms with E-state index in [2.05, 4.69) is 241 Å². The highest BCUT2D eigenvalue weighted by Crippen LogP contribution is 2.64. The maximum atomic E-state index is 2.51. The molecule has 1 heteroatoms. The summed E-state index contributed by atoms with van der Waals surface area (Å²) in [7, 11) is 0. The molecule has 1 nitrogen and oxygen atoms in total. The van der Waals surface area contributed by atoms with Crippen LogP contribution in [0.4, 0.5) is 17.1 Å². The third-order valence-corrected chi connectivity index (χ3v) is 13.7. The van der Waals surface area contributed by atoms with Gasteiger partial charge in [0.25, 0.3) is 0 Å². The topological polar surface area (TPSA) is 3.24 Å². The van der Waals surface area contributed by atoms with E-state index in [1.807, 2.05) is 0 Å². The zero-order chi connectivity index (χ0) is 40.8. The first kappa shape index (κ1) is 34.8. The van der Waals surface area contributed by atoms with E-state index in [4.69, 9.17) is 0 Å². The highest BCUT2D eigenvalue weighted by Gasteiger charge is 2.52. The zero-order valence-electron chi connectivity index (χ0n) is 34.0. The van der Waals surface area contributed by atoms with Crippen molar-refractivity contribution in [2.24, 2.45) is 0 Å². The van der Waals surface area contributed by atoms with Gasteiger partial charge in [-0.15, -0.1) is 0 Å². The van der Waals surface area contributed by atoms with E-state index in [0.717, 1.165) is 17.1 Å².